The Bertz CT molecular complexity index is 595. The number of nitrogens with two attached hydrogens (primary N) is 1. The van der Waals surface area contributed by atoms with Crippen molar-refractivity contribution in [2.24, 2.45) is 5.73 Å². The first kappa shape index (κ1) is 12.8. The molecule has 1 heterocycles. The second-order valence-electron chi connectivity index (χ2n) is 5.15. The van der Waals surface area contributed by atoms with Crippen molar-refractivity contribution in [3.05, 3.63) is 63.4 Å². The molecule has 0 saturated heterocycles. The molecule has 2 nitrogen and oxygen atoms in total. The van der Waals surface area contributed by atoms with Gasteiger partial charge in [0.25, 0.3) is 0 Å². The predicted molar refractivity (Wildman–Crippen MR) is 81.1 cm³/mol. The van der Waals surface area contributed by atoms with Crippen LogP contribution < -0.4 is 5.73 Å². The van der Waals surface area contributed by atoms with Crippen LogP contribution in [-0.4, -0.2) is 4.98 Å². The molecule has 1 atom stereocenters. The van der Waals surface area contributed by atoms with E-state index in [1.54, 1.807) is 6.20 Å². The number of aryl methyl sites for hydroxylation is 2. The topological polar surface area (TPSA) is 38.9 Å². The first-order chi connectivity index (χ1) is 9.24. The molecule has 19 heavy (non-hydrogen) atoms. The highest BCUT2D eigenvalue weighted by molar-refractivity contribution is 9.10. The first-order valence-electron chi connectivity index (χ1n) is 6.72. The smallest absolute Gasteiger partial charge is 0.0567 e. The molecule has 0 fully saturated rings. The van der Waals surface area contributed by atoms with E-state index < -0.39 is 0 Å². The standard InChI is InChI=1S/C16H17BrN2/c17-15-8-14(9-19-10-15)16(18)13-6-5-11-3-1-2-4-12(11)7-13/h5-10,16H,1-4,18H2. The predicted octanol–water partition coefficient (Wildman–Crippen LogP) is 3.77. The zero-order valence-corrected chi connectivity index (χ0v) is 12.4. The van der Waals surface area contributed by atoms with Gasteiger partial charge in [-0.25, -0.2) is 0 Å². The Morgan fingerprint density at radius 1 is 1.00 bits per heavy atom. The number of hydrogen-bond donors (Lipinski definition) is 1. The van der Waals surface area contributed by atoms with Crippen molar-refractivity contribution in [1.29, 1.82) is 0 Å². The zero-order valence-electron chi connectivity index (χ0n) is 10.8. The molecule has 0 bridgehead atoms. The molecule has 2 aromatic rings. The molecule has 1 aliphatic carbocycles. The molecule has 1 aromatic carbocycles. The van der Waals surface area contributed by atoms with E-state index in [1.165, 1.54) is 42.4 Å². The van der Waals surface area contributed by atoms with Crippen LogP contribution in [0.25, 0.3) is 0 Å². The molecule has 1 aromatic heterocycles. The lowest BCUT2D eigenvalue weighted by Crippen LogP contribution is -2.13. The molecule has 0 amide bonds. The van der Waals surface area contributed by atoms with Gasteiger partial charge in [-0.05, 0) is 69.9 Å². The van der Waals surface area contributed by atoms with E-state index in [0.29, 0.717) is 0 Å². The number of nitrogens with zero attached hydrogens (tertiary/aromatic N) is 1. The Balaban J connectivity index is 1.93. The van der Waals surface area contributed by atoms with Crippen molar-refractivity contribution in [3.8, 4) is 0 Å². The summed E-state index contributed by atoms with van der Waals surface area (Å²) in [4.78, 5) is 4.19. The maximum absolute atomic E-state index is 6.36. The van der Waals surface area contributed by atoms with Crippen LogP contribution in [0.15, 0.2) is 41.1 Å². The molecule has 98 valence electrons. The summed E-state index contributed by atoms with van der Waals surface area (Å²) in [6.07, 6.45) is 8.63. The van der Waals surface area contributed by atoms with Crippen LogP contribution in [0.1, 0.15) is 41.1 Å². The molecule has 0 spiro atoms. The average molecular weight is 317 g/mol. The number of halogens is 1. The minimum atomic E-state index is -0.0998. The minimum absolute atomic E-state index is 0.0998. The van der Waals surface area contributed by atoms with Gasteiger partial charge >= 0.3 is 0 Å². The summed E-state index contributed by atoms with van der Waals surface area (Å²) in [7, 11) is 0. The third kappa shape index (κ3) is 2.72. The van der Waals surface area contributed by atoms with E-state index in [0.717, 1.165) is 10.0 Å². The van der Waals surface area contributed by atoms with Crippen molar-refractivity contribution in [2.75, 3.05) is 0 Å². The third-order valence-corrected chi connectivity index (χ3v) is 4.25. The number of aromatic nitrogens is 1. The van der Waals surface area contributed by atoms with E-state index in [9.17, 15) is 0 Å². The summed E-state index contributed by atoms with van der Waals surface area (Å²) in [6, 6.07) is 8.62. The maximum atomic E-state index is 6.36. The second kappa shape index (κ2) is 5.43. The van der Waals surface area contributed by atoms with E-state index >= 15 is 0 Å². The largest absolute Gasteiger partial charge is 0.320 e. The van der Waals surface area contributed by atoms with Crippen LogP contribution in [0, 0.1) is 0 Å². The highest BCUT2D eigenvalue weighted by Gasteiger charge is 2.14. The van der Waals surface area contributed by atoms with Gasteiger partial charge in [0.2, 0.25) is 0 Å². The Morgan fingerprint density at radius 3 is 2.58 bits per heavy atom. The van der Waals surface area contributed by atoms with Gasteiger partial charge in [0.05, 0.1) is 6.04 Å². The highest BCUT2D eigenvalue weighted by atomic mass is 79.9. The summed E-state index contributed by atoms with van der Waals surface area (Å²) in [5, 5.41) is 0. The molecule has 0 aliphatic heterocycles. The van der Waals surface area contributed by atoms with Crippen LogP contribution in [0.5, 0.6) is 0 Å². The lowest BCUT2D eigenvalue weighted by Gasteiger charge is -2.19. The van der Waals surface area contributed by atoms with Gasteiger partial charge < -0.3 is 5.73 Å². The fourth-order valence-corrected chi connectivity index (χ4v) is 3.12. The van der Waals surface area contributed by atoms with Crippen LogP contribution in [0.4, 0.5) is 0 Å². The molecular weight excluding hydrogens is 300 g/mol. The SMILES string of the molecule is NC(c1cncc(Br)c1)c1ccc2c(c1)CCCC2. The molecule has 1 unspecified atom stereocenters. The molecule has 2 N–H and O–H groups in total. The van der Waals surface area contributed by atoms with Crippen LogP contribution >= 0.6 is 15.9 Å². The Hall–Kier alpha value is -1.19. The normalized spacial score (nSPS) is 15.9. The lowest BCUT2D eigenvalue weighted by molar-refractivity contribution is 0.682. The molecule has 0 radical (unpaired) electrons. The second-order valence-corrected chi connectivity index (χ2v) is 6.07. The summed E-state index contributed by atoms with van der Waals surface area (Å²) < 4.78 is 0.971. The van der Waals surface area contributed by atoms with Crippen LogP contribution in [0.3, 0.4) is 0 Å². The highest BCUT2D eigenvalue weighted by Crippen LogP contribution is 2.27. The average Bonchev–Trinajstić information content (AvgIpc) is 2.46. The lowest BCUT2D eigenvalue weighted by atomic mass is 9.88. The number of fused-ring (bicyclic) bond motifs is 1. The summed E-state index contributed by atoms with van der Waals surface area (Å²) in [6.45, 7) is 0. The van der Waals surface area contributed by atoms with Gasteiger partial charge in [-0.3, -0.25) is 4.98 Å². The molecule has 3 rings (SSSR count). The summed E-state index contributed by atoms with van der Waals surface area (Å²) in [5.74, 6) is 0. The van der Waals surface area contributed by atoms with Gasteiger partial charge in [-0.1, -0.05) is 18.2 Å². The van der Waals surface area contributed by atoms with Crippen molar-refractivity contribution in [1.82, 2.24) is 4.98 Å². The van der Waals surface area contributed by atoms with Crippen molar-refractivity contribution in [3.63, 3.8) is 0 Å². The Labute approximate surface area is 122 Å². The molecular formula is C16H17BrN2. The van der Waals surface area contributed by atoms with Gasteiger partial charge in [0.1, 0.15) is 0 Å². The van der Waals surface area contributed by atoms with Gasteiger partial charge in [0, 0.05) is 16.9 Å². The number of hydrogen-bond acceptors (Lipinski definition) is 2. The van der Waals surface area contributed by atoms with Gasteiger partial charge in [-0.15, -0.1) is 0 Å². The molecule has 3 heteroatoms. The van der Waals surface area contributed by atoms with Crippen molar-refractivity contribution < 1.29 is 0 Å². The maximum Gasteiger partial charge on any atom is 0.0567 e. The monoisotopic (exact) mass is 316 g/mol. The Kier molecular flexibility index (Phi) is 3.67. The molecule has 0 saturated carbocycles. The van der Waals surface area contributed by atoms with Gasteiger partial charge in [-0.2, -0.15) is 0 Å². The zero-order chi connectivity index (χ0) is 13.2. The van der Waals surface area contributed by atoms with E-state index in [1.807, 2.05) is 12.3 Å². The van der Waals surface area contributed by atoms with Crippen molar-refractivity contribution in [2.45, 2.75) is 31.7 Å². The Morgan fingerprint density at radius 2 is 1.79 bits per heavy atom. The quantitative estimate of drug-likeness (QED) is 0.916. The fourth-order valence-electron chi connectivity index (χ4n) is 2.74. The van der Waals surface area contributed by atoms with E-state index in [2.05, 4.69) is 39.1 Å². The minimum Gasteiger partial charge on any atom is -0.320 e. The van der Waals surface area contributed by atoms with E-state index in [-0.39, 0.29) is 6.04 Å². The van der Waals surface area contributed by atoms with Crippen molar-refractivity contribution >= 4 is 15.9 Å². The fraction of sp³-hybridized carbons (Fsp3) is 0.312. The summed E-state index contributed by atoms with van der Waals surface area (Å²) in [5.41, 5.74) is 11.6. The summed E-state index contributed by atoms with van der Waals surface area (Å²) >= 11 is 3.45. The first-order valence-corrected chi connectivity index (χ1v) is 7.51. The number of benzene rings is 1. The number of rotatable bonds is 2. The molecule has 1 aliphatic rings. The number of pyridine rings is 1. The van der Waals surface area contributed by atoms with Crippen LogP contribution in [0.2, 0.25) is 0 Å². The van der Waals surface area contributed by atoms with Gasteiger partial charge in [0.15, 0.2) is 0 Å². The van der Waals surface area contributed by atoms with E-state index in [4.69, 9.17) is 5.73 Å². The third-order valence-electron chi connectivity index (χ3n) is 3.82. The van der Waals surface area contributed by atoms with Crippen LogP contribution in [-0.2, 0) is 12.8 Å².